The summed E-state index contributed by atoms with van der Waals surface area (Å²) in [5.74, 6) is 0.503. The lowest BCUT2D eigenvalue weighted by molar-refractivity contribution is -0.108. The molecule has 0 aliphatic carbocycles. The molecule has 1 aliphatic rings. The van der Waals surface area contributed by atoms with Gasteiger partial charge in [-0.05, 0) is 62.2 Å². The summed E-state index contributed by atoms with van der Waals surface area (Å²) in [5, 5.41) is 0.932. The Balaban J connectivity index is 1.61. The van der Waals surface area contributed by atoms with Crippen molar-refractivity contribution in [2.75, 3.05) is 27.2 Å². The molecule has 1 saturated heterocycles. The van der Waals surface area contributed by atoms with Crippen molar-refractivity contribution < 1.29 is 22.7 Å². The fourth-order valence-corrected chi connectivity index (χ4v) is 6.08. The van der Waals surface area contributed by atoms with Crippen LogP contribution in [-0.2, 0) is 21.4 Å². The van der Waals surface area contributed by atoms with Gasteiger partial charge in [-0.2, -0.15) is 4.31 Å². The first-order valence-electron chi connectivity index (χ1n) is 11.7. The summed E-state index contributed by atoms with van der Waals surface area (Å²) in [6.45, 7) is 4.76. The molecule has 2 aromatic carbocycles. The average Bonchev–Trinajstić information content (AvgIpc) is 3.44. The highest BCUT2D eigenvalue weighted by Gasteiger charge is 2.34. The van der Waals surface area contributed by atoms with Crippen molar-refractivity contribution in [3.63, 3.8) is 0 Å². The van der Waals surface area contributed by atoms with Crippen LogP contribution in [0, 0.1) is 0 Å². The molecular weight excluding hydrogens is 466 g/mol. The van der Waals surface area contributed by atoms with Crippen LogP contribution >= 0.6 is 0 Å². The van der Waals surface area contributed by atoms with Crippen molar-refractivity contribution in [3.8, 4) is 5.75 Å². The Hall–Kier alpha value is -3.17. The first-order chi connectivity index (χ1) is 16.6. The minimum Gasteiger partial charge on any atom is -0.491 e. The molecule has 0 saturated carbocycles. The zero-order chi connectivity index (χ0) is 25.3. The highest BCUT2D eigenvalue weighted by atomic mass is 32.2. The summed E-state index contributed by atoms with van der Waals surface area (Å²) >= 11 is 0. The van der Waals surface area contributed by atoms with Crippen molar-refractivity contribution in [1.29, 1.82) is 0 Å². The van der Waals surface area contributed by atoms with E-state index in [-0.39, 0.29) is 29.4 Å². The van der Waals surface area contributed by atoms with E-state index in [2.05, 4.69) is 0 Å². The van der Waals surface area contributed by atoms with Gasteiger partial charge >= 0.3 is 0 Å². The molecule has 1 aromatic heterocycles. The van der Waals surface area contributed by atoms with Crippen LogP contribution in [-0.4, -0.2) is 67.7 Å². The van der Waals surface area contributed by atoms with E-state index in [0.717, 1.165) is 22.8 Å². The van der Waals surface area contributed by atoms with Crippen LogP contribution in [0.25, 0.3) is 10.9 Å². The zero-order valence-electron chi connectivity index (χ0n) is 20.5. The molecule has 0 bridgehead atoms. The molecule has 1 aliphatic heterocycles. The van der Waals surface area contributed by atoms with Crippen molar-refractivity contribution >= 4 is 33.1 Å². The molecule has 2 heterocycles. The number of rotatable bonds is 8. The SMILES string of the molecule is CC(C)Oc1ccc(S(=O)(=O)N2CCC(c3cn(CC=O)c4cc(C(=O)N(C)C)ccc34)C2)cc1. The van der Waals surface area contributed by atoms with Gasteiger partial charge in [0.25, 0.3) is 5.91 Å². The molecule has 0 spiro atoms. The highest BCUT2D eigenvalue weighted by molar-refractivity contribution is 7.89. The number of carbonyl (C=O) groups is 2. The van der Waals surface area contributed by atoms with Gasteiger partial charge in [0.05, 0.1) is 17.5 Å². The van der Waals surface area contributed by atoms with Crippen LogP contribution in [0.1, 0.15) is 42.1 Å². The van der Waals surface area contributed by atoms with Crippen LogP contribution < -0.4 is 4.74 Å². The maximum Gasteiger partial charge on any atom is 0.253 e. The second kappa shape index (κ2) is 9.83. The van der Waals surface area contributed by atoms with Crippen molar-refractivity contribution in [2.24, 2.45) is 0 Å². The van der Waals surface area contributed by atoms with Crippen LogP contribution in [0.15, 0.2) is 53.6 Å². The Kier molecular flexibility index (Phi) is 7.00. The van der Waals surface area contributed by atoms with Gasteiger partial charge in [-0.15, -0.1) is 0 Å². The van der Waals surface area contributed by atoms with Gasteiger partial charge in [0.15, 0.2) is 0 Å². The first-order valence-corrected chi connectivity index (χ1v) is 13.1. The predicted molar refractivity (Wildman–Crippen MR) is 134 cm³/mol. The number of fused-ring (bicyclic) bond motifs is 1. The summed E-state index contributed by atoms with van der Waals surface area (Å²) in [7, 11) is -0.254. The third-order valence-corrected chi connectivity index (χ3v) is 8.14. The maximum absolute atomic E-state index is 13.3. The van der Waals surface area contributed by atoms with Crippen molar-refractivity contribution in [2.45, 2.75) is 43.7 Å². The summed E-state index contributed by atoms with van der Waals surface area (Å²) < 4.78 is 35.5. The normalized spacial score (nSPS) is 16.7. The second-order valence-corrected chi connectivity index (χ2v) is 11.3. The van der Waals surface area contributed by atoms with E-state index in [4.69, 9.17) is 4.74 Å². The van der Waals surface area contributed by atoms with Crippen LogP contribution in [0.2, 0.25) is 0 Å². The van der Waals surface area contributed by atoms with Gasteiger partial charge in [0.2, 0.25) is 10.0 Å². The number of aromatic nitrogens is 1. The topological polar surface area (TPSA) is 88.9 Å². The van der Waals surface area contributed by atoms with Crippen LogP contribution in [0.3, 0.4) is 0 Å². The van der Waals surface area contributed by atoms with Crippen LogP contribution in [0.4, 0.5) is 0 Å². The van der Waals surface area contributed by atoms with E-state index < -0.39 is 10.0 Å². The van der Waals surface area contributed by atoms with Crippen molar-refractivity contribution in [3.05, 3.63) is 59.8 Å². The van der Waals surface area contributed by atoms with E-state index >= 15 is 0 Å². The molecule has 3 aromatic rings. The standard InChI is InChI=1S/C26H31N3O5S/c1-18(2)34-21-6-8-22(9-7-21)35(32,33)29-12-11-20(16-29)24-17-28(13-14-30)25-15-19(5-10-23(24)25)26(31)27(3)4/h5-10,14-15,17-18,20H,11-13,16H2,1-4H3. The Morgan fingerprint density at radius 1 is 1.17 bits per heavy atom. The molecule has 0 N–H and O–H groups in total. The fourth-order valence-electron chi connectivity index (χ4n) is 4.58. The number of carbonyl (C=O) groups excluding carboxylic acids is 2. The Labute approximate surface area is 206 Å². The van der Waals surface area contributed by atoms with Gasteiger partial charge in [-0.3, -0.25) is 4.79 Å². The molecule has 0 radical (unpaired) electrons. The number of sulfonamides is 1. The maximum atomic E-state index is 13.3. The van der Waals surface area contributed by atoms with E-state index in [1.807, 2.05) is 30.7 Å². The van der Waals surface area contributed by atoms with Crippen LogP contribution in [0.5, 0.6) is 5.75 Å². The molecule has 1 amide bonds. The Morgan fingerprint density at radius 2 is 1.89 bits per heavy atom. The summed E-state index contributed by atoms with van der Waals surface area (Å²) in [6.07, 6.45) is 3.42. The molecule has 9 heteroatoms. The van der Waals surface area contributed by atoms with Gasteiger partial charge in [-0.1, -0.05) is 6.07 Å². The van der Waals surface area contributed by atoms with E-state index in [1.54, 1.807) is 50.5 Å². The number of amides is 1. The van der Waals surface area contributed by atoms with Gasteiger partial charge in [0, 0.05) is 55.8 Å². The molecule has 35 heavy (non-hydrogen) atoms. The quantitative estimate of drug-likeness (QED) is 0.445. The lowest BCUT2D eigenvalue weighted by atomic mass is 9.97. The molecule has 1 unspecified atom stereocenters. The molecule has 4 rings (SSSR count). The zero-order valence-corrected chi connectivity index (χ0v) is 21.3. The number of aldehydes is 1. The molecule has 186 valence electrons. The second-order valence-electron chi connectivity index (χ2n) is 9.32. The van der Waals surface area contributed by atoms with Gasteiger partial charge < -0.3 is 19.0 Å². The van der Waals surface area contributed by atoms with E-state index in [1.165, 1.54) is 9.21 Å². The van der Waals surface area contributed by atoms with Crippen molar-refractivity contribution in [1.82, 2.24) is 13.8 Å². The average molecular weight is 498 g/mol. The Morgan fingerprint density at radius 3 is 2.51 bits per heavy atom. The lowest BCUT2D eigenvalue weighted by Crippen LogP contribution is -2.28. The summed E-state index contributed by atoms with van der Waals surface area (Å²) in [4.78, 5) is 25.5. The predicted octanol–water partition coefficient (Wildman–Crippen LogP) is 3.51. The third-order valence-electron chi connectivity index (χ3n) is 6.26. The first kappa shape index (κ1) is 24.9. The molecule has 1 fully saturated rings. The number of benzene rings is 2. The minimum atomic E-state index is -3.64. The van der Waals surface area contributed by atoms with E-state index in [0.29, 0.717) is 30.8 Å². The summed E-state index contributed by atoms with van der Waals surface area (Å²) in [6, 6.07) is 12.0. The minimum absolute atomic E-state index is 0.00947. The van der Waals surface area contributed by atoms with E-state index in [9.17, 15) is 18.0 Å². The lowest BCUT2D eigenvalue weighted by Gasteiger charge is -2.17. The molecule has 1 atom stereocenters. The third kappa shape index (κ3) is 4.97. The Bertz CT molecular complexity index is 1340. The van der Waals surface area contributed by atoms with Gasteiger partial charge in [0.1, 0.15) is 12.0 Å². The monoisotopic (exact) mass is 497 g/mol. The largest absolute Gasteiger partial charge is 0.491 e. The number of ether oxygens (including phenoxy) is 1. The fraction of sp³-hybridized carbons (Fsp3) is 0.385. The number of hydrogen-bond acceptors (Lipinski definition) is 5. The molecule has 8 nitrogen and oxygen atoms in total. The number of nitrogens with zero attached hydrogens (tertiary/aromatic N) is 3. The molecular formula is C26H31N3O5S. The number of hydrogen-bond donors (Lipinski definition) is 0. The summed E-state index contributed by atoms with van der Waals surface area (Å²) in [5.41, 5.74) is 2.32. The highest BCUT2D eigenvalue weighted by Crippen LogP contribution is 2.36. The smallest absolute Gasteiger partial charge is 0.253 e. The van der Waals surface area contributed by atoms with Gasteiger partial charge in [-0.25, -0.2) is 8.42 Å².